The van der Waals surface area contributed by atoms with E-state index in [1.807, 2.05) is 65.6 Å². The standard InChI is InChI=1S/C25H27N5O2S/c1-16-10-12-28(13-11-16)22(31)15-33-25-27-26-24-29(21-14-17(2)8-9-18(21)3)23(32)19-6-4-5-7-20(19)30(24)25/h4-9,14,16H,10-13,15H2,1-3H3. The number of amides is 1. The highest BCUT2D eigenvalue weighted by Gasteiger charge is 2.23. The van der Waals surface area contributed by atoms with E-state index in [4.69, 9.17) is 0 Å². The number of hydrogen-bond acceptors (Lipinski definition) is 5. The van der Waals surface area contributed by atoms with Crippen molar-refractivity contribution in [2.75, 3.05) is 18.8 Å². The molecule has 0 radical (unpaired) electrons. The Hall–Kier alpha value is -3.13. The molecule has 4 aromatic rings. The maximum Gasteiger partial charge on any atom is 0.267 e. The second-order valence-corrected chi connectivity index (χ2v) is 9.86. The molecular weight excluding hydrogens is 434 g/mol. The summed E-state index contributed by atoms with van der Waals surface area (Å²) in [7, 11) is 0. The van der Waals surface area contributed by atoms with E-state index in [1.165, 1.54) is 11.8 Å². The summed E-state index contributed by atoms with van der Waals surface area (Å²) < 4.78 is 3.53. The van der Waals surface area contributed by atoms with Crippen LogP contribution in [0.1, 0.15) is 30.9 Å². The van der Waals surface area contributed by atoms with E-state index >= 15 is 0 Å². The van der Waals surface area contributed by atoms with Gasteiger partial charge in [0.25, 0.3) is 5.56 Å². The molecule has 0 N–H and O–H groups in total. The van der Waals surface area contributed by atoms with Crippen LogP contribution < -0.4 is 5.56 Å². The van der Waals surface area contributed by atoms with Crippen LogP contribution in [0.2, 0.25) is 0 Å². The summed E-state index contributed by atoms with van der Waals surface area (Å²) in [6, 6.07) is 13.5. The summed E-state index contributed by atoms with van der Waals surface area (Å²) >= 11 is 1.37. The molecule has 0 unspecified atom stereocenters. The Morgan fingerprint density at radius 3 is 2.64 bits per heavy atom. The SMILES string of the molecule is Cc1ccc(C)c(-n2c(=O)c3ccccc3n3c(SCC(=O)N4CCC(C)CC4)nnc23)c1. The Morgan fingerprint density at radius 1 is 1.09 bits per heavy atom. The number of thioether (sulfide) groups is 1. The fourth-order valence-corrected chi connectivity index (χ4v) is 5.27. The van der Waals surface area contributed by atoms with Gasteiger partial charge in [0.05, 0.1) is 22.3 Å². The maximum absolute atomic E-state index is 13.5. The second-order valence-electron chi connectivity index (χ2n) is 8.92. The summed E-state index contributed by atoms with van der Waals surface area (Å²) in [5.74, 6) is 1.55. The topological polar surface area (TPSA) is 72.5 Å². The molecule has 1 saturated heterocycles. The molecular formula is C25H27N5O2S. The number of para-hydroxylation sites is 1. The summed E-state index contributed by atoms with van der Waals surface area (Å²) in [5, 5.41) is 10.0. The molecule has 0 atom stereocenters. The van der Waals surface area contributed by atoms with E-state index in [1.54, 1.807) is 4.57 Å². The van der Waals surface area contributed by atoms with Gasteiger partial charge >= 0.3 is 0 Å². The van der Waals surface area contributed by atoms with Gasteiger partial charge in [0.1, 0.15) is 0 Å². The lowest BCUT2D eigenvalue weighted by Gasteiger charge is -2.30. The first kappa shape index (κ1) is 21.7. The van der Waals surface area contributed by atoms with Gasteiger partial charge in [0.15, 0.2) is 5.16 Å². The quantitative estimate of drug-likeness (QED) is 0.430. The molecule has 3 heterocycles. The Labute approximate surface area is 196 Å². The van der Waals surface area contributed by atoms with Gasteiger partial charge in [-0.25, -0.2) is 4.57 Å². The lowest BCUT2D eigenvalue weighted by atomic mass is 9.99. The molecule has 2 aromatic heterocycles. The van der Waals surface area contributed by atoms with Gasteiger partial charge in [-0.15, -0.1) is 10.2 Å². The lowest BCUT2D eigenvalue weighted by Crippen LogP contribution is -2.38. The third-order valence-corrected chi connectivity index (χ3v) is 7.38. The Bertz CT molecular complexity index is 1420. The molecule has 170 valence electrons. The zero-order valence-electron chi connectivity index (χ0n) is 19.1. The zero-order valence-corrected chi connectivity index (χ0v) is 19.9. The zero-order chi connectivity index (χ0) is 23.1. The van der Waals surface area contributed by atoms with Crippen LogP contribution in [-0.2, 0) is 4.79 Å². The van der Waals surface area contributed by atoms with Crippen LogP contribution in [0.4, 0.5) is 0 Å². The molecule has 1 aliphatic heterocycles. The van der Waals surface area contributed by atoms with Crippen molar-refractivity contribution >= 4 is 34.3 Å². The molecule has 2 aromatic carbocycles. The van der Waals surface area contributed by atoms with E-state index in [2.05, 4.69) is 17.1 Å². The van der Waals surface area contributed by atoms with Gasteiger partial charge in [0.2, 0.25) is 11.7 Å². The first-order valence-corrected chi connectivity index (χ1v) is 12.3. The number of piperidine rings is 1. The molecule has 5 rings (SSSR count). The molecule has 0 aliphatic carbocycles. The Balaban J connectivity index is 1.59. The minimum absolute atomic E-state index is 0.121. The van der Waals surface area contributed by atoms with Crippen LogP contribution in [0.25, 0.3) is 22.4 Å². The minimum atomic E-state index is -0.130. The number of rotatable bonds is 4. The summed E-state index contributed by atoms with van der Waals surface area (Å²) in [6.45, 7) is 7.85. The second kappa shape index (κ2) is 8.67. The third-order valence-electron chi connectivity index (χ3n) is 6.46. The normalized spacial score (nSPS) is 14.9. The predicted octanol–water partition coefficient (Wildman–Crippen LogP) is 4.00. The van der Waals surface area contributed by atoms with Crippen LogP contribution in [-0.4, -0.2) is 48.8 Å². The summed E-state index contributed by atoms with van der Waals surface area (Å²) in [4.78, 5) is 28.3. The highest BCUT2D eigenvalue weighted by Crippen LogP contribution is 2.25. The van der Waals surface area contributed by atoms with E-state index in [0.29, 0.717) is 28.0 Å². The molecule has 0 saturated carbocycles. The highest BCUT2D eigenvalue weighted by atomic mass is 32.2. The van der Waals surface area contributed by atoms with E-state index < -0.39 is 0 Å². The van der Waals surface area contributed by atoms with Crippen LogP contribution in [0, 0.1) is 19.8 Å². The van der Waals surface area contributed by atoms with Crippen LogP contribution >= 0.6 is 11.8 Å². The number of aryl methyl sites for hydroxylation is 2. The molecule has 1 fully saturated rings. The number of fused-ring (bicyclic) bond motifs is 3. The Kier molecular flexibility index (Phi) is 5.70. The fourth-order valence-electron chi connectivity index (χ4n) is 4.43. The van der Waals surface area contributed by atoms with Gasteiger partial charge in [-0.05, 0) is 61.9 Å². The van der Waals surface area contributed by atoms with E-state index in [0.717, 1.165) is 48.3 Å². The van der Waals surface area contributed by atoms with Crippen molar-refractivity contribution in [2.45, 2.75) is 38.8 Å². The van der Waals surface area contributed by atoms with Crippen molar-refractivity contribution in [3.63, 3.8) is 0 Å². The molecule has 0 spiro atoms. The number of hydrogen-bond donors (Lipinski definition) is 0. The molecule has 7 nitrogen and oxygen atoms in total. The number of carbonyl (C=O) groups excluding carboxylic acids is 1. The number of nitrogens with zero attached hydrogens (tertiary/aromatic N) is 5. The summed E-state index contributed by atoms with van der Waals surface area (Å²) in [6.07, 6.45) is 2.11. The van der Waals surface area contributed by atoms with Crippen molar-refractivity contribution in [1.29, 1.82) is 0 Å². The van der Waals surface area contributed by atoms with E-state index in [9.17, 15) is 9.59 Å². The van der Waals surface area contributed by atoms with Crippen LogP contribution in [0.5, 0.6) is 0 Å². The third kappa shape index (κ3) is 3.93. The smallest absolute Gasteiger partial charge is 0.267 e. The van der Waals surface area contributed by atoms with Crippen molar-refractivity contribution in [3.8, 4) is 5.69 Å². The fraction of sp³-hybridized carbons (Fsp3) is 0.360. The van der Waals surface area contributed by atoms with Gasteiger partial charge in [-0.2, -0.15) is 0 Å². The molecule has 1 amide bonds. The number of aromatic nitrogens is 4. The first-order valence-electron chi connectivity index (χ1n) is 11.3. The largest absolute Gasteiger partial charge is 0.342 e. The predicted molar refractivity (Wildman–Crippen MR) is 131 cm³/mol. The minimum Gasteiger partial charge on any atom is -0.342 e. The Morgan fingerprint density at radius 2 is 1.85 bits per heavy atom. The molecule has 0 bridgehead atoms. The summed E-state index contributed by atoms with van der Waals surface area (Å²) in [5.41, 5.74) is 3.44. The average Bonchev–Trinajstić information content (AvgIpc) is 3.24. The van der Waals surface area contributed by atoms with Crippen molar-refractivity contribution < 1.29 is 4.79 Å². The average molecular weight is 462 g/mol. The van der Waals surface area contributed by atoms with Gasteiger partial charge in [0, 0.05) is 13.1 Å². The first-order chi connectivity index (χ1) is 15.9. The van der Waals surface area contributed by atoms with Crippen LogP contribution in [0.15, 0.2) is 52.4 Å². The van der Waals surface area contributed by atoms with E-state index in [-0.39, 0.29) is 11.5 Å². The number of benzene rings is 2. The van der Waals surface area contributed by atoms with Crippen molar-refractivity contribution in [2.24, 2.45) is 5.92 Å². The van der Waals surface area contributed by atoms with Gasteiger partial charge in [-0.1, -0.05) is 43.0 Å². The van der Waals surface area contributed by atoms with Crippen molar-refractivity contribution in [1.82, 2.24) is 24.1 Å². The van der Waals surface area contributed by atoms with Gasteiger partial charge < -0.3 is 4.90 Å². The number of likely N-dealkylation sites (tertiary alicyclic amines) is 1. The highest BCUT2D eigenvalue weighted by molar-refractivity contribution is 7.99. The maximum atomic E-state index is 13.5. The molecule has 1 aliphatic rings. The van der Waals surface area contributed by atoms with Gasteiger partial charge in [-0.3, -0.25) is 14.0 Å². The molecule has 33 heavy (non-hydrogen) atoms. The molecule has 8 heteroatoms. The van der Waals surface area contributed by atoms with Crippen LogP contribution in [0.3, 0.4) is 0 Å². The monoisotopic (exact) mass is 461 g/mol. The lowest BCUT2D eigenvalue weighted by molar-refractivity contribution is -0.129. The van der Waals surface area contributed by atoms with Crippen molar-refractivity contribution in [3.05, 3.63) is 63.9 Å². The number of carbonyl (C=O) groups is 1.